The fourth-order valence-corrected chi connectivity index (χ4v) is 2.69. The monoisotopic (exact) mass is 304 g/mol. The maximum Gasteiger partial charge on any atom is 0.457 e. The van der Waals surface area contributed by atoms with Gasteiger partial charge in [0.2, 0.25) is 0 Å². The van der Waals surface area contributed by atoms with E-state index in [4.69, 9.17) is 13.6 Å². The van der Waals surface area contributed by atoms with Crippen molar-refractivity contribution in [3.8, 4) is 11.7 Å². The molecule has 0 aliphatic carbocycles. The van der Waals surface area contributed by atoms with E-state index in [2.05, 4.69) is 24.7 Å². The topological polar surface area (TPSA) is 61.8 Å². The molecule has 0 fully saturated rings. The predicted octanol–water partition coefficient (Wildman–Crippen LogP) is 1.82. The van der Waals surface area contributed by atoms with Gasteiger partial charge in [0.25, 0.3) is 11.9 Å². The molecule has 0 amide bonds. The van der Waals surface area contributed by atoms with E-state index in [0.717, 1.165) is 0 Å². The van der Waals surface area contributed by atoms with Gasteiger partial charge in [-0.15, -0.1) is 0 Å². The molecule has 0 atom stereocenters. The Morgan fingerprint density at radius 2 is 1.53 bits per heavy atom. The molecule has 0 bridgehead atoms. The molecule has 0 aromatic carbocycles. The first-order chi connectivity index (χ1) is 8.60. The van der Waals surface area contributed by atoms with Crippen molar-refractivity contribution in [1.29, 1.82) is 0 Å². The molecular weight excluding hydrogens is 280 g/mol. The van der Waals surface area contributed by atoms with Gasteiger partial charge in [0.05, 0.1) is 6.61 Å². The number of rotatable bonds is 3. The molecule has 0 N–H and O–H groups in total. The first-order valence-corrected chi connectivity index (χ1v) is 11.8. The molecule has 0 spiro atoms. The summed E-state index contributed by atoms with van der Waals surface area (Å²) >= 11 is 0. The number of carbonyl (C=O) groups is 2. The van der Waals surface area contributed by atoms with Crippen molar-refractivity contribution in [2.75, 3.05) is 6.61 Å². The third kappa shape index (κ3) is 19.3. The summed E-state index contributed by atoms with van der Waals surface area (Å²) in [5.41, 5.74) is 3.01. The first kappa shape index (κ1) is 20.1. The highest BCUT2D eigenvalue weighted by Gasteiger charge is 2.30. The molecule has 0 heterocycles. The van der Waals surface area contributed by atoms with Crippen LogP contribution in [0.25, 0.3) is 0 Å². The lowest BCUT2D eigenvalue weighted by molar-refractivity contribution is -0.138. The van der Waals surface area contributed by atoms with Crippen molar-refractivity contribution in [2.45, 2.75) is 47.0 Å². The highest BCUT2D eigenvalue weighted by atomic mass is 28.4. The Balaban J connectivity index is 0. The first-order valence-electron chi connectivity index (χ1n) is 6.12. The minimum Gasteiger partial charge on any atom is -0.485 e. The van der Waals surface area contributed by atoms with Crippen molar-refractivity contribution >= 4 is 29.3 Å². The van der Waals surface area contributed by atoms with Crippen LogP contribution in [0.2, 0.25) is 26.2 Å². The zero-order valence-electron chi connectivity index (χ0n) is 12.8. The lowest BCUT2D eigenvalue weighted by Gasteiger charge is -2.19. The fourth-order valence-electron chi connectivity index (χ4n) is 0.945. The molecule has 0 aliphatic rings. The maximum absolute atomic E-state index is 10.5. The van der Waals surface area contributed by atoms with E-state index < -0.39 is 29.3 Å². The van der Waals surface area contributed by atoms with Crippen LogP contribution in [0.1, 0.15) is 20.8 Å². The zero-order chi connectivity index (χ0) is 15.5. The molecule has 0 saturated carbocycles. The summed E-state index contributed by atoms with van der Waals surface area (Å²) < 4.78 is 14.4. The molecular formula is C12H24O5Si2. The summed E-state index contributed by atoms with van der Waals surface area (Å²) in [6.45, 7) is 12.8. The fraction of sp³-hybridized carbons (Fsp3) is 0.667. The van der Waals surface area contributed by atoms with Crippen molar-refractivity contribution in [2.24, 2.45) is 0 Å². The van der Waals surface area contributed by atoms with Gasteiger partial charge in [-0.1, -0.05) is 18.6 Å². The molecule has 0 aromatic rings. The van der Waals surface area contributed by atoms with Crippen molar-refractivity contribution in [3.63, 3.8) is 0 Å². The third-order valence-electron chi connectivity index (χ3n) is 1.34. The van der Waals surface area contributed by atoms with E-state index >= 15 is 0 Å². The number of ether oxygens (including phenoxy) is 1. The van der Waals surface area contributed by atoms with Crippen LogP contribution in [0.5, 0.6) is 0 Å². The Kier molecular flexibility index (Phi) is 11.2. The van der Waals surface area contributed by atoms with E-state index in [0.29, 0.717) is 6.61 Å². The molecule has 0 aromatic heterocycles. The molecule has 0 saturated heterocycles. The molecule has 0 unspecified atom stereocenters. The van der Waals surface area contributed by atoms with Crippen molar-refractivity contribution in [1.82, 2.24) is 0 Å². The zero-order valence-corrected chi connectivity index (χ0v) is 15.0. The molecule has 5 nitrogen and oxygen atoms in total. The average Bonchev–Trinajstić information content (AvgIpc) is 2.13. The Labute approximate surface area is 118 Å². The van der Waals surface area contributed by atoms with Crippen LogP contribution in [0, 0.1) is 11.7 Å². The largest absolute Gasteiger partial charge is 0.485 e. The van der Waals surface area contributed by atoms with Gasteiger partial charge < -0.3 is 13.6 Å². The van der Waals surface area contributed by atoms with E-state index in [1.807, 2.05) is 6.92 Å². The second kappa shape index (κ2) is 10.6. The standard InChI is InChI=1S/C6H12O4Si.C6H12OSi/c1-5(7)9-11(3,4)10-6(2)8;1-4-7-5-6-8(2)3/h1-4H3;8H,4H2,1-3H3. The predicted molar refractivity (Wildman–Crippen MR) is 79.3 cm³/mol. The van der Waals surface area contributed by atoms with Crippen LogP contribution < -0.4 is 0 Å². The quantitative estimate of drug-likeness (QED) is 0.588. The van der Waals surface area contributed by atoms with Gasteiger partial charge in [-0.05, 0) is 6.92 Å². The van der Waals surface area contributed by atoms with Crippen LogP contribution >= 0.6 is 0 Å². The van der Waals surface area contributed by atoms with E-state index in [-0.39, 0.29) is 0 Å². The van der Waals surface area contributed by atoms with Gasteiger partial charge >= 0.3 is 8.56 Å². The molecule has 0 radical (unpaired) electrons. The van der Waals surface area contributed by atoms with Crippen molar-refractivity contribution < 1.29 is 23.2 Å². The molecule has 0 aliphatic heterocycles. The summed E-state index contributed by atoms with van der Waals surface area (Å²) in [6, 6.07) is 0. The third-order valence-corrected chi connectivity index (χ3v) is 3.60. The Morgan fingerprint density at radius 1 is 1.11 bits per heavy atom. The molecule has 0 rings (SSSR count). The van der Waals surface area contributed by atoms with Crippen LogP contribution in [-0.4, -0.2) is 35.9 Å². The van der Waals surface area contributed by atoms with Crippen molar-refractivity contribution in [3.05, 3.63) is 0 Å². The number of carbonyl (C=O) groups excluding carboxylic acids is 2. The summed E-state index contributed by atoms with van der Waals surface area (Å²) in [4.78, 5) is 20.9. The Bertz CT molecular complexity index is 324. The van der Waals surface area contributed by atoms with Gasteiger partial charge in [-0.3, -0.25) is 9.59 Å². The Hall–Kier alpha value is -1.27. The second-order valence-corrected chi connectivity index (χ2v) is 10.2. The average molecular weight is 304 g/mol. The molecule has 110 valence electrons. The van der Waals surface area contributed by atoms with Gasteiger partial charge in [0.15, 0.2) is 0 Å². The lowest BCUT2D eigenvalue weighted by atomic mass is 10.9. The van der Waals surface area contributed by atoms with Crippen LogP contribution in [0.15, 0.2) is 0 Å². The molecule has 19 heavy (non-hydrogen) atoms. The minimum atomic E-state index is -2.53. The maximum atomic E-state index is 10.5. The van der Waals surface area contributed by atoms with Crippen LogP contribution in [-0.2, 0) is 23.2 Å². The summed E-state index contributed by atoms with van der Waals surface area (Å²) in [7, 11) is -3.22. The summed E-state index contributed by atoms with van der Waals surface area (Å²) in [5.74, 6) is -0.828. The highest BCUT2D eigenvalue weighted by Crippen LogP contribution is 2.06. The molecule has 7 heteroatoms. The highest BCUT2D eigenvalue weighted by molar-refractivity contribution is 6.67. The Morgan fingerprint density at radius 3 is 1.79 bits per heavy atom. The van der Waals surface area contributed by atoms with Crippen LogP contribution in [0.4, 0.5) is 0 Å². The summed E-state index contributed by atoms with van der Waals surface area (Å²) in [5, 5.41) is 0. The van der Waals surface area contributed by atoms with Gasteiger partial charge in [0, 0.05) is 26.9 Å². The summed E-state index contributed by atoms with van der Waals surface area (Å²) in [6.07, 6.45) is 2.65. The normalized spacial score (nSPS) is 9.47. The van der Waals surface area contributed by atoms with Crippen LogP contribution in [0.3, 0.4) is 0 Å². The van der Waals surface area contributed by atoms with Gasteiger partial charge in [0.1, 0.15) is 14.9 Å². The van der Waals surface area contributed by atoms with Gasteiger partial charge in [-0.25, -0.2) is 0 Å². The van der Waals surface area contributed by atoms with E-state index in [1.54, 1.807) is 13.1 Å². The SMILES string of the molecule is CC(=O)O[Si](C)(C)OC(C)=O.CCOC#C[SiH](C)C. The lowest BCUT2D eigenvalue weighted by Crippen LogP contribution is -2.38. The van der Waals surface area contributed by atoms with E-state index in [9.17, 15) is 9.59 Å². The smallest absolute Gasteiger partial charge is 0.457 e. The minimum absolute atomic E-state index is 0.414. The number of hydrogen-bond acceptors (Lipinski definition) is 5. The number of hydrogen-bond donors (Lipinski definition) is 0. The van der Waals surface area contributed by atoms with Gasteiger partial charge in [-0.2, -0.15) is 0 Å². The van der Waals surface area contributed by atoms with E-state index in [1.165, 1.54) is 13.8 Å². The second-order valence-electron chi connectivity index (χ2n) is 4.42.